The lowest BCUT2D eigenvalue weighted by Crippen LogP contribution is -2.38. The summed E-state index contributed by atoms with van der Waals surface area (Å²) in [6, 6.07) is 0. The lowest BCUT2D eigenvalue weighted by Gasteiger charge is -2.31. The first-order chi connectivity index (χ1) is 7.16. The lowest BCUT2D eigenvalue weighted by atomic mass is 9.82. The Kier molecular flexibility index (Phi) is 2.73. The van der Waals surface area contributed by atoms with Crippen LogP contribution in [0.3, 0.4) is 0 Å². The van der Waals surface area contributed by atoms with Gasteiger partial charge in [0.05, 0.1) is 18.6 Å². The van der Waals surface area contributed by atoms with Gasteiger partial charge in [0.2, 0.25) is 0 Å². The van der Waals surface area contributed by atoms with Crippen molar-refractivity contribution in [2.24, 2.45) is 13.0 Å². The normalized spacial score (nSPS) is 24.7. The second-order valence-electron chi connectivity index (χ2n) is 4.09. The van der Waals surface area contributed by atoms with Gasteiger partial charge < -0.3 is 15.0 Å². The molecular formula is C10H15N3O2. The Morgan fingerprint density at radius 1 is 1.73 bits per heavy atom. The molecule has 15 heavy (non-hydrogen) atoms. The highest BCUT2D eigenvalue weighted by Crippen LogP contribution is 2.26. The van der Waals surface area contributed by atoms with Gasteiger partial charge in [0.1, 0.15) is 5.69 Å². The number of amides is 1. The van der Waals surface area contributed by atoms with E-state index < -0.39 is 0 Å². The quantitative estimate of drug-likeness (QED) is 0.731. The Bertz CT molecular complexity index is 355. The van der Waals surface area contributed by atoms with Crippen molar-refractivity contribution in [3.8, 4) is 0 Å². The molecule has 0 aliphatic heterocycles. The maximum atomic E-state index is 11.6. The van der Waals surface area contributed by atoms with Crippen LogP contribution in [0.25, 0.3) is 0 Å². The molecule has 5 heteroatoms. The number of aliphatic hydroxyl groups is 1. The van der Waals surface area contributed by atoms with Crippen LogP contribution in [0.1, 0.15) is 23.3 Å². The Hall–Kier alpha value is -1.36. The number of imidazole rings is 1. The topological polar surface area (TPSA) is 67.2 Å². The highest BCUT2D eigenvalue weighted by Gasteiger charge is 2.27. The predicted molar refractivity (Wildman–Crippen MR) is 54.3 cm³/mol. The highest BCUT2D eigenvalue weighted by atomic mass is 16.3. The summed E-state index contributed by atoms with van der Waals surface area (Å²) < 4.78 is 1.69. The van der Waals surface area contributed by atoms with E-state index in [0.717, 1.165) is 12.8 Å². The van der Waals surface area contributed by atoms with Crippen molar-refractivity contribution in [1.82, 2.24) is 14.9 Å². The zero-order valence-corrected chi connectivity index (χ0v) is 8.68. The van der Waals surface area contributed by atoms with Gasteiger partial charge in [-0.1, -0.05) is 0 Å². The van der Waals surface area contributed by atoms with Gasteiger partial charge in [-0.2, -0.15) is 0 Å². The summed E-state index contributed by atoms with van der Waals surface area (Å²) in [5, 5.41) is 11.9. The van der Waals surface area contributed by atoms with Gasteiger partial charge in [0.15, 0.2) is 0 Å². The second-order valence-corrected chi connectivity index (χ2v) is 4.09. The van der Waals surface area contributed by atoms with Gasteiger partial charge in [-0.3, -0.25) is 4.79 Å². The van der Waals surface area contributed by atoms with Crippen LogP contribution in [0.2, 0.25) is 0 Å². The molecular weight excluding hydrogens is 194 g/mol. The van der Waals surface area contributed by atoms with E-state index in [9.17, 15) is 4.79 Å². The largest absolute Gasteiger partial charge is 0.393 e. The summed E-state index contributed by atoms with van der Waals surface area (Å²) in [5.41, 5.74) is 0.565. The number of aryl methyl sites for hydroxylation is 1. The number of carbonyl (C=O) groups is 1. The van der Waals surface area contributed by atoms with Crippen LogP contribution in [0, 0.1) is 5.92 Å². The van der Waals surface area contributed by atoms with Crippen LogP contribution in [-0.4, -0.2) is 33.2 Å². The van der Waals surface area contributed by atoms with E-state index in [1.54, 1.807) is 24.1 Å². The predicted octanol–water partition coefficient (Wildman–Crippen LogP) is -0.0792. The molecule has 0 saturated heterocycles. The zero-order chi connectivity index (χ0) is 10.8. The van der Waals surface area contributed by atoms with Gasteiger partial charge in [-0.25, -0.2) is 4.98 Å². The summed E-state index contributed by atoms with van der Waals surface area (Å²) in [6.45, 7) is 0.640. The average Bonchev–Trinajstić information content (AvgIpc) is 2.57. The van der Waals surface area contributed by atoms with Crippen LogP contribution < -0.4 is 5.32 Å². The molecule has 1 aliphatic carbocycles. The second kappa shape index (κ2) is 4.02. The van der Waals surface area contributed by atoms with E-state index in [1.165, 1.54) is 0 Å². The van der Waals surface area contributed by atoms with Crippen molar-refractivity contribution in [2.45, 2.75) is 18.9 Å². The number of hydrogen-bond acceptors (Lipinski definition) is 3. The molecule has 1 heterocycles. The van der Waals surface area contributed by atoms with E-state index in [4.69, 9.17) is 5.11 Å². The van der Waals surface area contributed by atoms with Crippen molar-refractivity contribution >= 4 is 5.91 Å². The molecule has 1 aromatic heterocycles. The third-order valence-electron chi connectivity index (χ3n) is 2.81. The number of nitrogens with zero attached hydrogens (tertiary/aromatic N) is 2. The van der Waals surface area contributed by atoms with E-state index in [-0.39, 0.29) is 12.0 Å². The smallest absolute Gasteiger partial charge is 0.269 e. The maximum Gasteiger partial charge on any atom is 0.269 e. The molecule has 5 nitrogen and oxygen atoms in total. The Morgan fingerprint density at radius 3 is 3.00 bits per heavy atom. The summed E-state index contributed by atoms with van der Waals surface area (Å²) in [6.07, 6.45) is 4.58. The molecule has 1 fully saturated rings. The van der Waals surface area contributed by atoms with Gasteiger partial charge in [-0.05, 0) is 18.8 Å². The van der Waals surface area contributed by atoms with E-state index >= 15 is 0 Å². The fourth-order valence-corrected chi connectivity index (χ4v) is 1.77. The molecule has 0 aromatic carbocycles. The molecule has 1 aromatic rings. The van der Waals surface area contributed by atoms with E-state index in [2.05, 4.69) is 10.3 Å². The molecule has 0 unspecified atom stereocenters. The number of aliphatic hydroxyl groups excluding tert-OH is 1. The summed E-state index contributed by atoms with van der Waals surface area (Å²) in [7, 11) is 1.79. The number of nitrogens with one attached hydrogen (secondary N) is 1. The minimum atomic E-state index is -0.163. The first-order valence-corrected chi connectivity index (χ1v) is 5.09. The summed E-state index contributed by atoms with van der Waals surface area (Å²) in [5.74, 6) is 0.327. The number of aromatic nitrogens is 2. The Labute approximate surface area is 88.1 Å². The minimum absolute atomic E-state index is 0.101. The molecule has 1 amide bonds. The van der Waals surface area contributed by atoms with Crippen molar-refractivity contribution < 1.29 is 9.90 Å². The molecule has 0 atom stereocenters. The molecule has 82 valence electrons. The third-order valence-corrected chi connectivity index (χ3v) is 2.81. The van der Waals surface area contributed by atoms with Crippen LogP contribution >= 0.6 is 0 Å². The van der Waals surface area contributed by atoms with Crippen LogP contribution in [-0.2, 0) is 7.05 Å². The monoisotopic (exact) mass is 209 g/mol. The third kappa shape index (κ3) is 2.18. The van der Waals surface area contributed by atoms with Crippen molar-refractivity contribution in [2.75, 3.05) is 6.54 Å². The first-order valence-electron chi connectivity index (χ1n) is 5.09. The number of hydrogen-bond donors (Lipinski definition) is 2. The SMILES string of the molecule is Cn1cncc1C(=O)NCC1CC(O)C1. The first kappa shape index (κ1) is 10.2. The van der Waals surface area contributed by atoms with Gasteiger partial charge in [-0.15, -0.1) is 0 Å². The molecule has 0 radical (unpaired) electrons. The summed E-state index contributed by atoms with van der Waals surface area (Å²) in [4.78, 5) is 15.5. The summed E-state index contributed by atoms with van der Waals surface area (Å²) >= 11 is 0. The average molecular weight is 209 g/mol. The van der Waals surface area contributed by atoms with E-state index in [1.807, 2.05) is 0 Å². The zero-order valence-electron chi connectivity index (χ0n) is 8.68. The van der Waals surface area contributed by atoms with Crippen molar-refractivity contribution in [3.63, 3.8) is 0 Å². The maximum absolute atomic E-state index is 11.6. The number of rotatable bonds is 3. The van der Waals surface area contributed by atoms with Crippen LogP contribution in [0.4, 0.5) is 0 Å². The fourth-order valence-electron chi connectivity index (χ4n) is 1.77. The Morgan fingerprint density at radius 2 is 2.47 bits per heavy atom. The number of carbonyl (C=O) groups excluding carboxylic acids is 1. The van der Waals surface area contributed by atoms with Crippen molar-refractivity contribution in [3.05, 3.63) is 18.2 Å². The molecule has 1 saturated carbocycles. The molecule has 1 aliphatic rings. The van der Waals surface area contributed by atoms with Gasteiger partial charge in [0.25, 0.3) is 5.91 Å². The van der Waals surface area contributed by atoms with Crippen LogP contribution in [0.15, 0.2) is 12.5 Å². The van der Waals surface area contributed by atoms with E-state index in [0.29, 0.717) is 18.2 Å². The molecule has 2 rings (SSSR count). The molecule has 0 spiro atoms. The highest BCUT2D eigenvalue weighted by molar-refractivity contribution is 5.92. The van der Waals surface area contributed by atoms with Gasteiger partial charge >= 0.3 is 0 Å². The van der Waals surface area contributed by atoms with Crippen LogP contribution in [0.5, 0.6) is 0 Å². The lowest BCUT2D eigenvalue weighted by molar-refractivity contribution is 0.0419. The Balaban J connectivity index is 1.80. The van der Waals surface area contributed by atoms with Gasteiger partial charge in [0, 0.05) is 13.6 Å². The van der Waals surface area contributed by atoms with Crippen molar-refractivity contribution in [1.29, 1.82) is 0 Å². The fraction of sp³-hybridized carbons (Fsp3) is 0.600. The molecule has 2 N–H and O–H groups in total. The standard InChI is InChI=1S/C10H15N3O2/c1-13-6-11-5-9(13)10(15)12-4-7-2-8(14)3-7/h5-8,14H,2-4H2,1H3,(H,12,15). The molecule has 0 bridgehead atoms. The minimum Gasteiger partial charge on any atom is -0.393 e.